The number of aryl methyl sites for hydroxylation is 2. The lowest BCUT2D eigenvalue weighted by atomic mass is 10.3. The fourth-order valence-corrected chi connectivity index (χ4v) is 4.29. The molecule has 3 rings (SSSR count). The molecule has 3 aromatic rings. The second kappa shape index (κ2) is 9.37. The summed E-state index contributed by atoms with van der Waals surface area (Å²) in [5.41, 5.74) is 2.30. The molecule has 1 amide bonds. The molecule has 8 heteroatoms. The van der Waals surface area contributed by atoms with Crippen molar-refractivity contribution >= 4 is 32.6 Å². The lowest BCUT2D eigenvalue weighted by molar-refractivity contribution is 0.0978. The Bertz CT molecular complexity index is 977. The highest BCUT2D eigenvalue weighted by Crippen LogP contribution is 2.32. The van der Waals surface area contributed by atoms with Crippen LogP contribution in [-0.4, -0.2) is 58.9 Å². The van der Waals surface area contributed by atoms with E-state index in [1.54, 1.807) is 12.0 Å². The number of anilines is 1. The molecule has 0 radical (unpaired) electrons. The van der Waals surface area contributed by atoms with Gasteiger partial charge in [0.05, 0.1) is 17.3 Å². The summed E-state index contributed by atoms with van der Waals surface area (Å²) < 4.78 is 8.17. The van der Waals surface area contributed by atoms with Crippen LogP contribution in [0, 0.1) is 6.92 Å². The number of fused-ring (bicyclic) bond motifs is 1. The first-order valence-corrected chi connectivity index (χ1v) is 10.9. The zero-order chi connectivity index (χ0) is 21.0. The zero-order valence-corrected chi connectivity index (χ0v) is 18.6. The van der Waals surface area contributed by atoms with Crippen LogP contribution in [0.25, 0.3) is 10.2 Å². The number of carbonyl (C=O) groups is 1. The van der Waals surface area contributed by atoms with Crippen molar-refractivity contribution in [3.8, 4) is 5.75 Å². The Morgan fingerprint density at radius 2 is 1.93 bits per heavy atom. The van der Waals surface area contributed by atoms with Gasteiger partial charge in [-0.15, -0.1) is 0 Å². The average Bonchev–Trinajstić information content (AvgIpc) is 3.33. The lowest BCUT2D eigenvalue weighted by Crippen LogP contribution is -2.39. The molecular formula is C21H29N5O2S. The van der Waals surface area contributed by atoms with Crippen molar-refractivity contribution in [2.75, 3.05) is 38.2 Å². The summed E-state index contributed by atoms with van der Waals surface area (Å²) in [6, 6.07) is 7.63. The van der Waals surface area contributed by atoms with Gasteiger partial charge in [0, 0.05) is 25.3 Å². The van der Waals surface area contributed by atoms with E-state index in [2.05, 4.69) is 23.8 Å². The van der Waals surface area contributed by atoms with Crippen molar-refractivity contribution in [1.29, 1.82) is 0 Å². The summed E-state index contributed by atoms with van der Waals surface area (Å²) in [7, 11) is 1.65. The van der Waals surface area contributed by atoms with Crippen LogP contribution in [0.15, 0.2) is 24.3 Å². The molecule has 0 N–H and O–H groups in total. The number of rotatable bonds is 9. The topological polar surface area (TPSA) is 63.5 Å². The minimum absolute atomic E-state index is 0.113. The van der Waals surface area contributed by atoms with Gasteiger partial charge in [-0.3, -0.25) is 14.4 Å². The summed E-state index contributed by atoms with van der Waals surface area (Å²) >= 11 is 1.50. The maximum absolute atomic E-state index is 13.4. The third-order valence-corrected chi connectivity index (χ3v) is 6.14. The molecule has 1 aromatic carbocycles. The minimum atomic E-state index is -0.113. The molecule has 0 aliphatic heterocycles. The van der Waals surface area contributed by atoms with Crippen molar-refractivity contribution in [2.45, 2.75) is 34.2 Å². The predicted molar refractivity (Wildman–Crippen MR) is 118 cm³/mol. The highest BCUT2D eigenvalue weighted by Gasteiger charge is 2.24. The second-order valence-electron chi connectivity index (χ2n) is 6.80. The normalized spacial score (nSPS) is 11.4. The first-order chi connectivity index (χ1) is 14.0. The number of amides is 1. The van der Waals surface area contributed by atoms with Gasteiger partial charge < -0.3 is 9.64 Å². The fraction of sp³-hybridized carbons (Fsp3) is 0.476. The van der Waals surface area contributed by atoms with E-state index in [4.69, 9.17) is 9.72 Å². The number of hydrogen-bond donors (Lipinski definition) is 0. The monoisotopic (exact) mass is 415 g/mol. The highest BCUT2D eigenvalue weighted by atomic mass is 32.1. The molecule has 0 aliphatic rings. The van der Waals surface area contributed by atoms with Crippen molar-refractivity contribution in [3.63, 3.8) is 0 Å². The SMILES string of the molecule is CCN(CC)CCN(C(=O)c1cc(C)n(CC)n1)c1nc2ccc(OC)cc2s1. The van der Waals surface area contributed by atoms with Crippen LogP contribution < -0.4 is 9.64 Å². The van der Waals surface area contributed by atoms with Crippen molar-refractivity contribution < 1.29 is 9.53 Å². The number of thiazole rings is 1. The Morgan fingerprint density at radius 1 is 1.17 bits per heavy atom. The number of carbonyl (C=O) groups excluding carboxylic acids is 1. The Kier molecular flexibility index (Phi) is 6.87. The Hall–Kier alpha value is -2.45. The Labute approximate surface area is 175 Å². The van der Waals surface area contributed by atoms with Crippen molar-refractivity contribution in [2.24, 2.45) is 0 Å². The molecule has 2 heterocycles. The molecule has 2 aromatic heterocycles. The van der Waals surface area contributed by atoms with E-state index in [9.17, 15) is 4.79 Å². The summed E-state index contributed by atoms with van der Waals surface area (Å²) in [4.78, 5) is 22.2. The van der Waals surface area contributed by atoms with E-state index in [1.807, 2.05) is 42.8 Å². The van der Waals surface area contributed by atoms with Gasteiger partial charge >= 0.3 is 0 Å². The molecule has 0 unspecified atom stereocenters. The molecular weight excluding hydrogens is 386 g/mol. The predicted octanol–water partition coefficient (Wildman–Crippen LogP) is 3.82. The summed E-state index contributed by atoms with van der Waals surface area (Å²) in [5.74, 6) is 0.671. The molecule has 0 fully saturated rings. The number of ether oxygens (including phenoxy) is 1. The summed E-state index contributed by atoms with van der Waals surface area (Å²) in [6.07, 6.45) is 0. The van der Waals surface area contributed by atoms with Gasteiger partial charge in [0.25, 0.3) is 5.91 Å². The number of hydrogen-bond acceptors (Lipinski definition) is 6. The summed E-state index contributed by atoms with van der Waals surface area (Å²) in [6.45, 7) is 12.2. The van der Waals surface area contributed by atoms with Crippen molar-refractivity contribution in [3.05, 3.63) is 35.7 Å². The molecule has 7 nitrogen and oxygen atoms in total. The van der Waals surface area contributed by atoms with Gasteiger partial charge in [0.15, 0.2) is 10.8 Å². The first-order valence-electron chi connectivity index (χ1n) is 10.0. The maximum Gasteiger partial charge on any atom is 0.280 e. The van der Waals surface area contributed by atoms with Crippen LogP contribution in [0.2, 0.25) is 0 Å². The van der Waals surface area contributed by atoms with E-state index in [1.165, 1.54) is 11.3 Å². The first kappa shape index (κ1) is 21.3. The largest absolute Gasteiger partial charge is 0.497 e. The van der Waals surface area contributed by atoms with Crippen LogP contribution in [0.1, 0.15) is 37.0 Å². The maximum atomic E-state index is 13.4. The number of benzene rings is 1. The average molecular weight is 416 g/mol. The van der Waals surface area contributed by atoms with Gasteiger partial charge in [0.1, 0.15) is 5.75 Å². The zero-order valence-electron chi connectivity index (χ0n) is 17.8. The molecule has 0 saturated heterocycles. The molecule has 156 valence electrons. The number of nitrogens with zero attached hydrogens (tertiary/aromatic N) is 5. The minimum Gasteiger partial charge on any atom is -0.497 e. The number of aromatic nitrogens is 3. The standard InChI is InChI=1S/C21H29N5O2S/c1-6-24(7-2)11-12-25(20(27)18-13-15(4)26(8-3)23-18)21-22-17-10-9-16(28-5)14-19(17)29-21/h9-10,13-14H,6-8,11-12H2,1-5H3. The third-order valence-electron chi connectivity index (χ3n) is 5.09. The van der Waals surface area contributed by atoms with Crippen LogP contribution in [-0.2, 0) is 6.54 Å². The van der Waals surface area contributed by atoms with Gasteiger partial charge in [-0.05, 0) is 51.2 Å². The molecule has 0 atom stereocenters. The summed E-state index contributed by atoms with van der Waals surface area (Å²) in [5, 5.41) is 5.18. The van der Waals surface area contributed by atoms with Gasteiger partial charge in [-0.1, -0.05) is 25.2 Å². The van der Waals surface area contributed by atoms with Crippen LogP contribution in [0.5, 0.6) is 5.75 Å². The van der Waals surface area contributed by atoms with Gasteiger partial charge in [0.2, 0.25) is 0 Å². The van der Waals surface area contributed by atoms with Gasteiger partial charge in [-0.2, -0.15) is 5.10 Å². The Morgan fingerprint density at radius 3 is 2.55 bits per heavy atom. The quantitative estimate of drug-likeness (QED) is 0.532. The van der Waals surface area contributed by atoms with E-state index in [-0.39, 0.29) is 5.91 Å². The van der Waals surface area contributed by atoms with Crippen LogP contribution in [0.3, 0.4) is 0 Å². The Balaban J connectivity index is 1.96. The van der Waals surface area contributed by atoms with Crippen LogP contribution >= 0.6 is 11.3 Å². The number of methoxy groups -OCH3 is 1. The third kappa shape index (κ3) is 4.59. The van der Waals surface area contributed by atoms with Crippen molar-refractivity contribution in [1.82, 2.24) is 19.7 Å². The highest BCUT2D eigenvalue weighted by molar-refractivity contribution is 7.22. The van der Waals surface area contributed by atoms with E-state index in [0.29, 0.717) is 17.4 Å². The van der Waals surface area contributed by atoms with E-state index < -0.39 is 0 Å². The van der Waals surface area contributed by atoms with E-state index >= 15 is 0 Å². The lowest BCUT2D eigenvalue weighted by Gasteiger charge is -2.24. The second-order valence-corrected chi connectivity index (χ2v) is 7.81. The fourth-order valence-electron chi connectivity index (χ4n) is 3.27. The van der Waals surface area contributed by atoms with Gasteiger partial charge in [-0.25, -0.2) is 4.98 Å². The number of likely N-dealkylation sites (N-methyl/N-ethyl adjacent to an activating group) is 1. The molecule has 0 saturated carbocycles. The smallest absolute Gasteiger partial charge is 0.280 e. The molecule has 0 spiro atoms. The van der Waals surface area contributed by atoms with E-state index in [0.717, 1.165) is 47.8 Å². The molecule has 0 aliphatic carbocycles. The molecule has 29 heavy (non-hydrogen) atoms. The van der Waals surface area contributed by atoms with Crippen LogP contribution in [0.4, 0.5) is 5.13 Å². The molecule has 0 bridgehead atoms.